The monoisotopic (exact) mass is 542 g/mol. The standard InChI is InChI=1S/C29H32Cl2N2O2S/c1-2-3-16-32-29(35)27(18-22-10-5-4-6-11-22)33(19-24-13-7-8-15-26(24)31)28(34)21-36-20-23-12-9-14-25(30)17-23/h4-15,17,27H,2-3,16,18-21H2,1H3,(H,32,35). The van der Waals surface area contributed by atoms with Gasteiger partial charge in [0, 0.05) is 35.3 Å². The van der Waals surface area contributed by atoms with Crippen molar-refractivity contribution in [1.82, 2.24) is 10.2 Å². The molecule has 0 fully saturated rings. The second-order valence-electron chi connectivity index (χ2n) is 8.59. The third-order valence-electron chi connectivity index (χ3n) is 5.78. The van der Waals surface area contributed by atoms with Crippen molar-refractivity contribution in [2.75, 3.05) is 12.3 Å². The zero-order valence-electron chi connectivity index (χ0n) is 20.5. The lowest BCUT2D eigenvalue weighted by Crippen LogP contribution is -2.51. The van der Waals surface area contributed by atoms with Gasteiger partial charge in [-0.1, -0.05) is 97.2 Å². The van der Waals surface area contributed by atoms with E-state index < -0.39 is 6.04 Å². The van der Waals surface area contributed by atoms with Crippen LogP contribution >= 0.6 is 35.0 Å². The van der Waals surface area contributed by atoms with Crippen LogP contribution in [0.25, 0.3) is 0 Å². The summed E-state index contributed by atoms with van der Waals surface area (Å²) in [6.07, 6.45) is 2.29. The molecule has 0 aliphatic rings. The molecular weight excluding hydrogens is 511 g/mol. The molecule has 1 atom stereocenters. The molecule has 4 nitrogen and oxygen atoms in total. The molecule has 0 heterocycles. The van der Waals surface area contributed by atoms with Gasteiger partial charge in [0.15, 0.2) is 0 Å². The van der Waals surface area contributed by atoms with Crippen LogP contribution in [0.15, 0.2) is 78.9 Å². The maximum absolute atomic E-state index is 13.6. The third-order valence-corrected chi connectivity index (χ3v) is 7.37. The molecule has 1 N–H and O–H groups in total. The van der Waals surface area contributed by atoms with Gasteiger partial charge >= 0.3 is 0 Å². The summed E-state index contributed by atoms with van der Waals surface area (Å²) in [6.45, 7) is 2.92. The molecule has 0 bridgehead atoms. The van der Waals surface area contributed by atoms with Crippen LogP contribution in [0.3, 0.4) is 0 Å². The van der Waals surface area contributed by atoms with Crippen LogP contribution in [0.2, 0.25) is 10.0 Å². The van der Waals surface area contributed by atoms with Gasteiger partial charge in [-0.2, -0.15) is 0 Å². The predicted molar refractivity (Wildman–Crippen MR) is 151 cm³/mol. The van der Waals surface area contributed by atoms with Gasteiger partial charge < -0.3 is 10.2 Å². The Morgan fingerprint density at radius 3 is 2.39 bits per heavy atom. The average Bonchev–Trinajstić information content (AvgIpc) is 2.88. The highest BCUT2D eigenvalue weighted by Gasteiger charge is 2.30. The molecule has 3 aromatic carbocycles. The first-order chi connectivity index (χ1) is 17.5. The van der Waals surface area contributed by atoms with Crippen molar-refractivity contribution in [3.05, 3.63) is 106 Å². The first kappa shape index (κ1) is 28.1. The fraction of sp³-hybridized carbons (Fsp3) is 0.310. The Morgan fingerprint density at radius 1 is 0.944 bits per heavy atom. The summed E-state index contributed by atoms with van der Waals surface area (Å²) in [4.78, 5) is 28.7. The second-order valence-corrected chi connectivity index (χ2v) is 10.4. The number of halogens is 2. The Labute approximate surface area is 228 Å². The van der Waals surface area contributed by atoms with Gasteiger partial charge in [-0.3, -0.25) is 9.59 Å². The number of unbranched alkanes of at least 4 members (excludes halogenated alkanes) is 1. The number of nitrogens with one attached hydrogen (secondary N) is 1. The molecule has 0 spiro atoms. The summed E-state index contributed by atoms with van der Waals surface area (Å²) >= 11 is 14.1. The molecular formula is C29H32Cl2N2O2S. The highest BCUT2D eigenvalue weighted by molar-refractivity contribution is 7.99. The summed E-state index contributed by atoms with van der Waals surface area (Å²) < 4.78 is 0. The number of rotatable bonds is 13. The normalized spacial score (nSPS) is 11.6. The highest BCUT2D eigenvalue weighted by Crippen LogP contribution is 2.22. The maximum atomic E-state index is 13.6. The van der Waals surface area contributed by atoms with E-state index in [4.69, 9.17) is 23.2 Å². The fourth-order valence-electron chi connectivity index (χ4n) is 3.84. The number of hydrogen-bond acceptors (Lipinski definition) is 3. The number of amides is 2. The van der Waals surface area contributed by atoms with Crippen LogP contribution in [0, 0.1) is 0 Å². The van der Waals surface area contributed by atoms with Crippen LogP contribution in [0.5, 0.6) is 0 Å². The molecule has 0 aromatic heterocycles. The Balaban J connectivity index is 1.84. The smallest absolute Gasteiger partial charge is 0.243 e. The van der Waals surface area contributed by atoms with Crippen LogP contribution in [0.1, 0.15) is 36.5 Å². The van der Waals surface area contributed by atoms with Crippen molar-refractivity contribution in [2.24, 2.45) is 0 Å². The first-order valence-corrected chi connectivity index (χ1v) is 14.1. The molecule has 3 aromatic rings. The van der Waals surface area contributed by atoms with Gasteiger partial charge in [0.2, 0.25) is 11.8 Å². The topological polar surface area (TPSA) is 49.4 Å². The summed E-state index contributed by atoms with van der Waals surface area (Å²) in [5, 5.41) is 4.29. The lowest BCUT2D eigenvalue weighted by atomic mass is 10.0. The predicted octanol–water partition coefficient (Wildman–Crippen LogP) is 6.78. The van der Waals surface area contributed by atoms with Crippen LogP contribution in [-0.4, -0.2) is 35.1 Å². The van der Waals surface area contributed by atoms with Gasteiger partial charge in [-0.25, -0.2) is 0 Å². The van der Waals surface area contributed by atoms with E-state index in [-0.39, 0.29) is 24.1 Å². The second kappa shape index (κ2) is 14.9. The summed E-state index contributed by atoms with van der Waals surface area (Å²) in [5.74, 6) is 0.643. The molecule has 1 unspecified atom stereocenters. The zero-order valence-corrected chi connectivity index (χ0v) is 22.8. The van der Waals surface area contributed by atoms with Crippen molar-refractivity contribution >= 4 is 46.8 Å². The Bertz CT molecular complexity index is 1130. The van der Waals surface area contributed by atoms with E-state index >= 15 is 0 Å². The van der Waals surface area contributed by atoms with E-state index in [0.29, 0.717) is 28.8 Å². The summed E-state index contributed by atoms with van der Waals surface area (Å²) in [5.41, 5.74) is 2.86. The van der Waals surface area contributed by atoms with Crippen LogP contribution < -0.4 is 5.32 Å². The van der Waals surface area contributed by atoms with E-state index in [9.17, 15) is 9.59 Å². The van der Waals surface area contributed by atoms with Crippen molar-refractivity contribution in [1.29, 1.82) is 0 Å². The lowest BCUT2D eigenvalue weighted by molar-refractivity contribution is -0.139. The molecule has 3 rings (SSSR count). The molecule has 7 heteroatoms. The van der Waals surface area contributed by atoms with E-state index in [0.717, 1.165) is 29.5 Å². The molecule has 0 saturated carbocycles. The lowest BCUT2D eigenvalue weighted by Gasteiger charge is -2.32. The van der Waals surface area contributed by atoms with Gasteiger partial charge in [-0.05, 0) is 41.3 Å². The van der Waals surface area contributed by atoms with Crippen molar-refractivity contribution in [3.8, 4) is 0 Å². The average molecular weight is 544 g/mol. The SMILES string of the molecule is CCCCNC(=O)C(Cc1ccccc1)N(Cc1ccccc1Cl)C(=O)CSCc1cccc(Cl)c1. The zero-order chi connectivity index (χ0) is 25.8. The Hall–Kier alpha value is -2.47. The minimum Gasteiger partial charge on any atom is -0.354 e. The third kappa shape index (κ3) is 8.88. The summed E-state index contributed by atoms with van der Waals surface area (Å²) in [6, 6.07) is 24.2. The molecule has 0 aliphatic carbocycles. The van der Waals surface area contributed by atoms with Crippen LogP contribution in [0.4, 0.5) is 0 Å². The molecule has 0 radical (unpaired) electrons. The minimum atomic E-state index is -0.653. The number of carbonyl (C=O) groups excluding carboxylic acids is 2. The quantitative estimate of drug-likeness (QED) is 0.242. The van der Waals surface area contributed by atoms with E-state index in [1.165, 1.54) is 11.8 Å². The van der Waals surface area contributed by atoms with E-state index in [1.807, 2.05) is 72.8 Å². The molecule has 190 valence electrons. The van der Waals surface area contributed by atoms with Crippen molar-refractivity contribution in [2.45, 2.75) is 44.5 Å². The molecule has 2 amide bonds. The van der Waals surface area contributed by atoms with Gasteiger partial charge in [-0.15, -0.1) is 11.8 Å². The number of thioether (sulfide) groups is 1. The van der Waals surface area contributed by atoms with Crippen molar-refractivity contribution in [3.63, 3.8) is 0 Å². The fourth-order valence-corrected chi connectivity index (χ4v) is 5.10. The van der Waals surface area contributed by atoms with Gasteiger partial charge in [0.25, 0.3) is 0 Å². The number of carbonyl (C=O) groups is 2. The molecule has 36 heavy (non-hydrogen) atoms. The molecule has 0 aliphatic heterocycles. The van der Waals surface area contributed by atoms with Crippen LogP contribution in [-0.2, 0) is 28.3 Å². The van der Waals surface area contributed by atoms with Gasteiger partial charge in [0.05, 0.1) is 5.75 Å². The number of benzene rings is 3. The Kier molecular flexibility index (Phi) is 11.7. The van der Waals surface area contributed by atoms with E-state index in [2.05, 4.69) is 12.2 Å². The molecule has 0 saturated heterocycles. The Morgan fingerprint density at radius 2 is 1.67 bits per heavy atom. The first-order valence-electron chi connectivity index (χ1n) is 12.1. The van der Waals surface area contributed by atoms with E-state index in [1.54, 1.807) is 11.0 Å². The van der Waals surface area contributed by atoms with Gasteiger partial charge in [0.1, 0.15) is 6.04 Å². The largest absolute Gasteiger partial charge is 0.354 e. The number of hydrogen-bond donors (Lipinski definition) is 1. The van der Waals surface area contributed by atoms with Crippen molar-refractivity contribution < 1.29 is 9.59 Å². The number of nitrogens with zero attached hydrogens (tertiary/aromatic N) is 1. The minimum absolute atomic E-state index is 0.103. The maximum Gasteiger partial charge on any atom is 0.243 e. The highest BCUT2D eigenvalue weighted by atomic mass is 35.5. The summed E-state index contributed by atoms with van der Waals surface area (Å²) in [7, 11) is 0.